The molecule has 0 N–H and O–H groups in total. The molecule has 0 saturated heterocycles. The van der Waals surface area contributed by atoms with E-state index in [1.807, 2.05) is 0 Å². The van der Waals surface area contributed by atoms with Crippen LogP contribution in [0.3, 0.4) is 0 Å². The second kappa shape index (κ2) is 23.1. The molecule has 6 aliphatic carbocycles. The molecule has 0 amide bonds. The first kappa shape index (κ1) is 60.8. The van der Waals surface area contributed by atoms with E-state index in [1.165, 1.54) is 204 Å². The van der Waals surface area contributed by atoms with Gasteiger partial charge in [0, 0.05) is 106 Å². The standard InChI is InChI=1S/C62H39N3.C44H28N2/c1-3-24-47-45(22-1)59-46-23-2-4-25-48(46)60(47)62-50(59)33-35-58-61(62)49-26-9-14-31-56(49)65(58)52-27-10-5-18-41(52)38-16-15-17-39(36-38)63-55-30-13-8-21-44(55)51-37-40(32-34-57(51)63)64-53-28-11-6-19-42(53)43-20-7-12-29-54(43)64;1-3-13-27(14-4-1)45-35-21-11-9-19-31(35)40-37(45)25-23-33-39-29-17-7-8-18-30(29)42(43(33)40)44-34(39)24-26-38-41(44)32-20-10-12-22-36(32)46(38)28-15-5-2-6-16-28/h1-37,59-60H;1-26,39,42H. The van der Waals surface area contributed by atoms with Gasteiger partial charge in [-0.1, -0.05) is 267 Å². The minimum Gasteiger partial charge on any atom is -0.309 e. The van der Waals surface area contributed by atoms with Gasteiger partial charge in [0.15, 0.2) is 0 Å². The summed E-state index contributed by atoms with van der Waals surface area (Å²) in [6.07, 6.45) is 0. The van der Waals surface area contributed by atoms with E-state index in [-0.39, 0.29) is 23.7 Å². The van der Waals surface area contributed by atoms with Crippen LogP contribution in [0.15, 0.2) is 382 Å². The highest BCUT2D eigenvalue weighted by molar-refractivity contribution is 6.18. The van der Waals surface area contributed by atoms with Gasteiger partial charge in [0.05, 0.1) is 60.9 Å². The minimum atomic E-state index is 0.128. The second-order valence-corrected chi connectivity index (χ2v) is 30.7. The highest BCUT2D eigenvalue weighted by Gasteiger charge is 2.46. The van der Waals surface area contributed by atoms with E-state index in [2.05, 4.69) is 405 Å². The maximum atomic E-state index is 2.53. The van der Waals surface area contributed by atoms with Crippen LogP contribution in [0.4, 0.5) is 0 Å². The van der Waals surface area contributed by atoms with Crippen LogP contribution < -0.4 is 0 Å². The van der Waals surface area contributed by atoms with Gasteiger partial charge in [-0.05, 0) is 188 Å². The largest absolute Gasteiger partial charge is 0.309 e. The molecule has 22 aromatic rings. The topological polar surface area (TPSA) is 24.6 Å². The highest BCUT2D eigenvalue weighted by Crippen LogP contribution is 2.62. The summed E-state index contributed by atoms with van der Waals surface area (Å²) in [5, 5.41) is 13.1. The highest BCUT2D eigenvalue weighted by atomic mass is 15.0. The molecule has 0 spiro atoms. The molecule has 111 heavy (non-hydrogen) atoms. The van der Waals surface area contributed by atoms with Gasteiger partial charge in [-0.15, -0.1) is 0 Å². The Hall–Kier alpha value is -14.3. The van der Waals surface area contributed by atoms with Gasteiger partial charge >= 0.3 is 0 Å². The molecular weight excluding hydrogens is 1340 g/mol. The van der Waals surface area contributed by atoms with Crippen LogP contribution in [-0.4, -0.2) is 22.8 Å². The van der Waals surface area contributed by atoms with Gasteiger partial charge in [0.1, 0.15) is 0 Å². The van der Waals surface area contributed by atoms with Crippen molar-refractivity contribution >= 4 is 109 Å². The van der Waals surface area contributed by atoms with Gasteiger partial charge in [-0.2, -0.15) is 0 Å². The Morgan fingerprint density at radius 3 is 0.946 bits per heavy atom. The van der Waals surface area contributed by atoms with Gasteiger partial charge in [-0.3, -0.25) is 0 Å². The predicted octanol–water partition coefficient (Wildman–Crippen LogP) is 26.5. The number of rotatable bonds is 6. The summed E-state index contributed by atoms with van der Waals surface area (Å²) in [4.78, 5) is 0. The SMILES string of the molecule is c1cc(-c2ccccc2-n2c3ccccc3c3c4c(ccc32)C2c3ccccc3C4c3ccccc32)cc(-n2c3ccccc3c3cc(-n4c5ccccc5c5ccccc54)ccc32)c1.c1ccc(-n2c3ccccc3c3c4c(ccc32)C2c3ccccc3C4c3c2ccc2c3c3ccccc3n2-c2ccccc2)cc1. The van der Waals surface area contributed by atoms with Crippen molar-refractivity contribution in [2.75, 3.05) is 0 Å². The maximum Gasteiger partial charge on any atom is 0.0544 e. The lowest BCUT2D eigenvalue weighted by molar-refractivity contribution is 0.761. The molecule has 5 heteroatoms. The fraction of sp³-hybridized carbons (Fsp3) is 0.0377. The number of para-hydroxylation sites is 9. The number of nitrogens with zero attached hydrogens (tertiary/aromatic N) is 5. The normalized spacial score (nSPS) is 15.6. The van der Waals surface area contributed by atoms with E-state index in [4.69, 9.17) is 0 Å². The lowest BCUT2D eigenvalue weighted by Gasteiger charge is -2.43. The summed E-state index contributed by atoms with van der Waals surface area (Å²) < 4.78 is 12.3. The molecule has 4 bridgehead atoms. The average molecular weight is 1410 g/mol. The number of fused-ring (bicyclic) bond motifs is 15. The van der Waals surface area contributed by atoms with Gasteiger partial charge in [0.25, 0.3) is 0 Å². The zero-order chi connectivity index (χ0) is 72.3. The Morgan fingerprint density at radius 2 is 0.468 bits per heavy atom. The third-order valence-corrected chi connectivity index (χ3v) is 25.5. The van der Waals surface area contributed by atoms with Crippen LogP contribution in [0.2, 0.25) is 0 Å². The van der Waals surface area contributed by atoms with E-state index in [0.29, 0.717) is 0 Å². The molecule has 5 aromatic heterocycles. The first-order valence-electron chi connectivity index (χ1n) is 39.0. The lowest BCUT2D eigenvalue weighted by atomic mass is 9.59. The number of hydrogen-bond donors (Lipinski definition) is 0. The molecule has 516 valence electrons. The van der Waals surface area contributed by atoms with Crippen molar-refractivity contribution in [3.8, 4) is 39.6 Å². The number of benzene rings is 17. The quantitative estimate of drug-likeness (QED) is 0.159. The van der Waals surface area contributed by atoms with E-state index >= 15 is 0 Å². The second-order valence-electron chi connectivity index (χ2n) is 30.7. The molecule has 17 aromatic carbocycles. The summed E-state index contributed by atoms with van der Waals surface area (Å²) in [7, 11) is 0. The van der Waals surface area contributed by atoms with E-state index < -0.39 is 0 Å². The third kappa shape index (κ3) is 8.33. The Kier molecular flexibility index (Phi) is 12.7. The van der Waals surface area contributed by atoms with Crippen LogP contribution in [0, 0.1) is 0 Å². The minimum absolute atomic E-state index is 0.128. The fourth-order valence-corrected chi connectivity index (χ4v) is 21.3. The Bertz CT molecular complexity index is 7480. The predicted molar refractivity (Wildman–Crippen MR) is 460 cm³/mol. The molecule has 0 aliphatic heterocycles. The van der Waals surface area contributed by atoms with E-state index in [1.54, 1.807) is 0 Å². The summed E-state index contributed by atoms with van der Waals surface area (Å²) in [5.74, 6) is 0.730. The Balaban J connectivity index is 0.000000134. The number of hydrogen-bond acceptors (Lipinski definition) is 0. The molecule has 28 rings (SSSR count). The third-order valence-electron chi connectivity index (χ3n) is 25.5. The van der Waals surface area contributed by atoms with Crippen LogP contribution in [0.1, 0.15) is 90.4 Å². The van der Waals surface area contributed by atoms with Crippen LogP contribution in [0.5, 0.6) is 0 Å². The average Bonchev–Trinajstić information content (AvgIpc) is 1.63. The maximum absolute atomic E-state index is 2.53. The number of aromatic nitrogens is 5. The van der Waals surface area contributed by atoms with Gasteiger partial charge in [0.2, 0.25) is 0 Å². The van der Waals surface area contributed by atoms with Crippen LogP contribution in [0.25, 0.3) is 149 Å². The first-order valence-corrected chi connectivity index (χ1v) is 39.0. The van der Waals surface area contributed by atoms with E-state index in [0.717, 1.165) is 11.4 Å². The van der Waals surface area contributed by atoms with Crippen molar-refractivity contribution in [3.63, 3.8) is 0 Å². The summed E-state index contributed by atoms with van der Waals surface area (Å²) in [5.41, 5.74) is 38.0. The zero-order valence-electron chi connectivity index (χ0n) is 60.4. The van der Waals surface area contributed by atoms with Crippen molar-refractivity contribution in [2.45, 2.75) is 23.7 Å². The molecule has 0 atom stereocenters. The monoisotopic (exact) mass is 1410 g/mol. The van der Waals surface area contributed by atoms with Gasteiger partial charge in [-0.25, -0.2) is 0 Å². The zero-order valence-corrected chi connectivity index (χ0v) is 60.4. The molecule has 0 fully saturated rings. The first-order chi connectivity index (χ1) is 55.2. The molecule has 5 heterocycles. The molecule has 0 unspecified atom stereocenters. The Morgan fingerprint density at radius 1 is 0.162 bits per heavy atom. The van der Waals surface area contributed by atoms with E-state index in [9.17, 15) is 0 Å². The molecular formula is C106H67N5. The van der Waals surface area contributed by atoms with Crippen molar-refractivity contribution < 1.29 is 0 Å². The lowest BCUT2D eigenvalue weighted by Crippen LogP contribution is -2.28. The molecule has 0 saturated carbocycles. The fourth-order valence-electron chi connectivity index (χ4n) is 21.3. The van der Waals surface area contributed by atoms with Crippen LogP contribution in [-0.2, 0) is 0 Å². The van der Waals surface area contributed by atoms with Crippen molar-refractivity contribution in [3.05, 3.63) is 449 Å². The summed E-state index contributed by atoms with van der Waals surface area (Å²) in [6, 6.07) is 142. The molecule has 5 nitrogen and oxygen atoms in total. The van der Waals surface area contributed by atoms with Gasteiger partial charge < -0.3 is 22.8 Å². The summed E-state index contributed by atoms with van der Waals surface area (Å²) in [6.45, 7) is 0. The smallest absolute Gasteiger partial charge is 0.0544 e. The Labute approximate surface area is 639 Å². The van der Waals surface area contributed by atoms with Crippen molar-refractivity contribution in [2.24, 2.45) is 0 Å². The molecule has 0 radical (unpaired) electrons. The van der Waals surface area contributed by atoms with Crippen molar-refractivity contribution in [1.29, 1.82) is 0 Å². The summed E-state index contributed by atoms with van der Waals surface area (Å²) >= 11 is 0. The van der Waals surface area contributed by atoms with Crippen LogP contribution >= 0.6 is 0 Å². The van der Waals surface area contributed by atoms with Crippen molar-refractivity contribution in [1.82, 2.24) is 22.8 Å². The molecule has 6 aliphatic rings.